The Balaban J connectivity index is 1.47. The van der Waals surface area contributed by atoms with Crippen molar-refractivity contribution in [1.29, 1.82) is 0 Å². The van der Waals surface area contributed by atoms with Crippen LogP contribution in [0.1, 0.15) is 27.4 Å². The number of nitro groups is 2. The number of anilines is 1. The lowest BCUT2D eigenvalue weighted by Crippen LogP contribution is -2.11. The number of hydrogen-bond acceptors (Lipinski definition) is 8. The van der Waals surface area contributed by atoms with E-state index in [2.05, 4.69) is 5.32 Å². The summed E-state index contributed by atoms with van der Waals surface area (Å²) in [7, 11) is 0. The summed E-state index contributed by atoms with van der Waals surface area (Å²) >= 11 is 6.02. The van der Waals surface area contributed by atoms with E-state index in [0.717, 1.165) is 17.2 Å². The van der Waals surface area contributed by atoms with Gasteiger partial charge in [0.2, 0.25) is 0 Å². The predicted molar refractivity (Wildman–Crippen MR) is 138 cm³/mol. The molecule has 12 heteroatoms. The lowest BCUT2D eigenvalue weighted by Gasteiger charge is -2.11. The molecule has 0 bridgehead atoms. The van der Waals surface area contributed by atoms with Gasteiger partial charge in [0.05, 0.1) is 26.6 Å². The second kappa shape index (κ2) is 11.0. The summed E-state index contributed by atoms with van der Waals surface area (Å²) in [6.07, 6.45) is 0. The molecule has 4 aromatic rings. The molecule has 0 radical (unpaired) electrons. The average Bonchev–Trinajstić information content (AvgIpc) is 3.34. The maximum atomic E-state index is 12.8. The Bertz CT molecular complexity index is 1550. The molecule has 0 aliphatic rings. The van der Waals surface area contributed by atoms with Gasteiger partial charge in [0, 0.05) is 24.3 Å². The van der Waals surface area contributed by atoms with Crippen LogP contribution in [-0.4, -0.2) is 15.8 Å². The van der Waals surface area contributed by atoms with Crippen molar-refractivity contribution in [2.24, 2.45) is 0 Å². The number of aryl methyl sites for hydroxylation is 2. The summed E-state index contributed by atoms with van der Waals surface area (Å²) in [5.41, 5.74) is 1.49. The van der Waals surface area contributed by atoms with Gasteiger partial charge in [-0.2, -0.15) is 0 Å². The molecule has 11 nitrogen and oxygen atoms in total. The third kappa shape index (κ3) is 6.26. The number of benzene rings is 3. The highest BCUT2D eigenvalue weighted by Gasteiger charge is 2.17. The summed E-state index contributed by atoms with van der Waals surface area (Å²) < 4.78 is 16.9. The number of amides is 1. The van der Waals surface area contributed by atoms with E-state index in [1.165, 1.54) is 42.5 Å². The van der Waals surface area contributed by atoms with E-state index in [4.69, 9.17) is 25.5 Å². The Morgan fingerprint density at radius 3 is 2.39 bits per heavy atom. The van der Waals surface area contributed by atoms with Gasteiger partial charge in [-0.05, 0) is 49.2 Å². The number of ether oxygens (including phenoxy) is 2. The molecule has 38 heavy (non-hydrogen) atoms. The molecule has 0 aliphatic heterocycles. The summed E-state index contributed by atoms with van der Waals surface area (Å²) in [5, 5.41) is 24.9. The van der Waals surface area contributed by atoms with Gasteiger partial charge in [-0.25, -0.2) is 0 Å². The first-order valence-corrected chi connectivity index (χ1v) is 11.5. The number of carbonyl (C=O) groups excluding carboxylic acids is 1. The molecule has 0 saturated heterocycles. The predicted octanol–water partition coefficient (Wildman–Crippen LogP) is 6.99. The lowest BCUT2D eigenvalue weighted by atomic mass is 10.1. The Kier molecular flexibility index (Phi) is 7.58. The first-order chi connectivity index (χ1) is 18.1. The molecule has 0 spiro atoms. The molecule has 0 aliphatic carbocycles. The second-order valence-corrected chi connectivity index (χ2v) is 8.63. The summed E-state index contributed by atoms with van der Waals surface area (Å²) in [6, 6.07) is 16.2. The second-order valence-electron chi connectivity index (χ2n) is 8.22. The van der Waals surface area contributed by atoms with Crippen LogP contribution < -0.4 is 14.8 Å². The average molecular weight is 538 g/mol. The number of halogens is 1. The van der Waals surface area contributed by atoms with Crippen molar-refractivity contribution in [1.82, 2.24) is 0 Å². The van der Waals surface area contributed by atoms with Crippen LogP contribution in [0, 0.1) is 34.1 Å². The Hall–Kier alpha value is -4.90. The molecule has 0 fully saturated rings. The van der Waals surface area contributed by atoms with Gasteiger partial charge in [-0.1, -0.05) is 23.7 Å². The van der Waals surface area contributed by atoms with Crippen molar-refractivity contribution < 1.29 is 28.5 Å². The smallest absolute Gasteiger partial charge is 0.291 e. The van der Waals surface area contributed by atoms with E-state index in [1.54, 1.807) is 0 Å². The van der Waals surface area contributed by atoms with Crippen LogP contribution >= 0.6 is 11.6 Å². The molecule has 1 heterocycles. The molecule has 1 aromatic heterocycles. The highest BCUT2D eigenvalue weighted by atomic mass is 35.5. The zero-order valence-corrected chi connectivity index (χ0v) is 20.9. The highest BCUT2D eigenvalue weighted by molar-refractivity contribution is 6.32. The number of nitro benzene ring substituents is 2. The fraction of sp³-hybridized carbons (Fsp3) is 0.115. The monoisotopic (exact) mass is 537 g/mol. The summed E-state index contributed by atoms with van der Waals surface area (Å²) in [4.78, 5) is 33.9. The van der Waals surface area contributed by atoms with E-state index in [9.17, 15) is 25.0 Å². The quantitative estimate of drug-likeness (QED) is 0.177. The molecule has 1 amide bonds. The van der Waals surface area contributed by atoms with E-state index in [-0.39, 0.29) is 51.7 Å². The molecule has 4 rings (SSSR count). The fourth-order valence-electron chi connectivity index (χ4n) is 3.40. The van der Waals surface area contributed by atoms with Crippen LogP contribution in [0.3, 0.4) is 0 Å². The zero-order chi connectivity index (χ0) is 27.4. The highest BCUT2D eigenvalue weighted by Crippen LogP contribution is 2.32. The molecule has 194 valence electrons. The van der Waals surface area contributed by atoms with Crippen LogP contribution in [0.2, 0.25) is 5.02 Å². The molecular formula is C26H20ClN3O8. The number of hydrogen-bond donors (Lipinski definition) is 1. The van der Waals surface area contributed by atoms with Crippen molar-refractivity contribution in [3.63, 3.8) is 0 Å². The number of rotatable bonds is 9. The molecular weight excluding hydrogens is 518 g/mol. The summed E-state index contributed by atoms with van der Waals surface area (Å²) in [6.45, 7) is 3.65. The van der Waals surface area contributed by atoms with Gasteiger partial charge in [0.1, 0.15) is 29.6 Å². The number of carbonyl (C=O) groups is 1. The van der Waals surface area contributed by atoms with Crippen molar-refractivity contribution >= 4 is 34.6 Å². The van der Waals surface area contributed by atoms with Gasteiger partial charge in [0.25, 0.3) is 17.3 Å². The maximum Gasteiger partial charge on any atom is 0.291 e. The van der Waals surface area contributed by atoms with Gasteiger partial charge < -0.3 is 19.2 Å². The van der Waals surface area contributed by atoms with E-state index in [1.807, 2.05) is 32.0 Å². The maximum absolute atomic E-state index is 12.8. The van der Waals surface area contributed by atoms with Crippen LogP contribution in [0.25, 0.3) is 0 Å². The minimum Gasteiger partial charge on any atom is -0.484 e. The van der Waals surface area contributed by atoms with Crippen molar-refractivity contribution in [3.8, 4) is 17.2 Å². The van der Waals surface area contributed by atoms with Crippen molar-refractivity contribution in [2.45, 2.75) is 20.5 Å². The first-order valence-electron chi connectivity index (χ1n) is 11.1. The Morgan fingerprint density at radius 2 is 1.68 bits per heavy atom. The van der Waals surface area contributed by atoms with Crippen LogP contribution in [-0.2, 0) is 6.61 Å². The Labute approximate surface area is 220 Å². The topological polar surface area (TPSA) is 147 Å². The molecule has 3 aromatic carbocycles. The molecule has 1 N–H and O–H groups in total. The Morgan fingerprint density at radius 1 is 0.921 bits per heavy atom. The third-order valence-electron chi connectivity index (χ3n) is 5.31. The van der Waals surface area contributed by atoms with E-state index < -0.39 is 15.8 Å². The van der Waals surface area contributed by atoms with Crippen molar-refractivity contribution in [3.05, 3.63) is 115 Å². The van der Waals surface area contributed by atoms with Gasteiger partial charge in [0.15, 0.2) is 5.76 Å². The standard InChI is InChI=1S/C26H20ClN3O8/c1-15-3-4-16(2)25(9-15)38-21-11-17(10-19(12-21)30(34)35)28-26(31)24-8-6-20(37-24)14-36-23-7-5-18(29(32)33)13-22(23)27/h3-13H,14H2,1-2H3,(H,28,31). The van der Waals surface area contributed by atoms with Gasteiger partial charge >= 0.3 is 0 Å². The molecule has 0 unspecified atom stereocenters. The fourth-order valence-corrected chi connectivity index (χ4v) is 3.63. The molecule has 0 atom stereocenters. The summed E-state index contributed by atoms with van der Waals surface area (Å²) in [5.74, 6) is 0.475. The SMILES string of the molecule is Cc1ccc(C)c(Oc2cc(NC(=O)c3ccc(COc4ccc([N+](=O)[O-])cc4Cl)o3)cc([N+](=O)[O-])c2)c1. The van der Waals surface area contributed by atoms with Crippen LogP contribution in [0.5, 0.6) is 17.2 Å². The van der Waals surface area contributed by atoms with Crippen molar-refractivity contribution in [2.75, 3.05) is 5.32 Å². The van der Waals surface area contributed by atoms with Gasteiger partial charge in [-0.15, -0.1) is 0 Å². The van der Waals surface area contributed by atoms with E-state index in [0.29, 0.717) is 5.75 Å². The number of nitrogens with zero attached hydrogens (tertiary/aromatic N) is 2. The lowest BCUT2D eigenvalue weighted by molar-refractivity contribution is -0.385. The van der Waals surface area contributed by atoms with Crippen LogP contribution in [0.15, 0.2) is 71.1 Å². The number of non-ortho nitro benzene ring substituents is 2. The first kappa shape index (κ1) is 26.2. The molecule has 0 saturated carbocycles. The van der Waals surface area contributed by atoms with Crippen LogP contribution in [0.4, 0.5) is 17.1 Å². The van der Waals surface area contributed by atoms with Gasteiger partial charge in [-0.3, -0.25) is 25.0 Å². The normalized spacial score (nSPS) is 10.6. The zero-order valence-electron chi connectivity index (χ0n) is 20.1. The minimum absolute atomic E-state index is 0.0493. The van der Waals surface area contributed by atoms with E-state index >= 15 is 0 Å². The largest absolute Gasteiger partial charge is 0.484 e. The number of nitrogens with one attached hydrogen (secondary N) is 1. The minimum atomic E-state index is -0.650. The third-order valence-corrected chi connectivity index (χ3v) is 5.61. The number of furan rings is 1.